The van der Waals surface area contributed by atoms with Crippen molar-refractivity contribution in [2.75, 3.05) is 0 Å². The van der Waals surface area contributed by atoms with Gasteiger partial charge in [0.05, 0.1) is 22.2 Å². The molecule has 218 valence electrons. The zero-order chi connectivity index (χ0) is 30.9. The van der Waals surface area contributed by atoms with Crippen LogP contribution in [0.5, 0.6) is 0 Å². The Morgan fingerprint density at radius 3 is 1.89 bits per heavy atom. The van der Waals surface area contributed by atoms with E-state index < -0.39 is 0 Å². The standard InChI is InChI=1S/C44H27N3/c1-3-12-30(13-4-1)43-38-26-33(23-24-39(38)45-44(46-43)31-14-5-2-6-15-31)47-40-18-10-9-17-35(40)37-27-36-32(25-41(37)47)22-21-29-20-19-28-11-7-8-16-34(28)42(29)36/h1-27H. The molecule has 0 bridgehead atoms. The molecule has 2 aromatic heterocycles. The molecule has 3 heteroatoms. The molecule has 0 saturated heterocycles. The Hall–Kier alpha value is -6.32. The third kappa shape index (κ3) is 4.00. The summed E-state index contributed by atoms with van der Waals surface area (Å²) in [7, 11) is 0. The van der Waals surface area contributed by atoms with Gasteiger partial charge >= 0.3 is 0 Å². The Morgan fingerprint density at radius 2 is 1.06 bits per heavy atom. The zero-order valence-electron chi connectivity index (χ0n) is 25.4. The van der Waals surface area contributed by atoms with E-state index in [1.165, 1.54) is 54.1 Å². The van der Waals surface area contributed by atoms with E-state index in [2.05, 4.69) is 144 Å². The highest BCUT2D eigenvalue weighted by atomic mass is 15.0. The molecular formula is C44H27N3. The summed E-state index contributed by atoms with van der Waals surface area (Å²) < 4.78 is 2.40. The summed E-state index contributed by atoms with van der Waals surface area (Å²) >= 11 is 0. The molecule has 0 aliphatic carbocycles. The molecule has 0 spiro atoms. The number of para-hydroxylation sites is 1. The molecule has 0 radical (unpaired) electrons. The first kappa shape index (κ1) is 26.0. The van der Waals surface area contributed by atoms with Crippen LogP contribution in [0, 0.1) is 0 Å². The van der Waals surface area contributed by atoms with Crippen LogP contribution in [0.15, 0.2) is 164 Å². The van der Waals surface area contributed by atoms with Gasteiger partial charge in [0.25, 0.3) is 0 Å². The molecule has 0 saturated carbocycles. The quantitative estimate of drug-likeness (QED) is 0.190. The summed E-state index contributed by atoms with van der Waals surface area (Å²) in [6, 6.07) is 58.5. The number of fused-ring (bicyclic) bond motifs is 9. The Labute approximate surface area is 271 Å². The lowest BCUT2D eigenvalue weighted by Crippen LogP contribution is -1.98. The van der Waals surface area contributed by atoms with E-state index in [-0.39, 0.29) is 0 Å². The van der Waals surface area contributed by atoms with Crippen LogP contribution in [0.3, 0.4) is 0 Å². The average molecular weight is 598 g/mol. The molecule has 10 rings (SSSR count). The lowest BCUT2D eigenvalue weighted by atomic mass is 9.95. The Kier molecular flexibility index (Phi) is 5.57. The highest BCUT2D eigenvalue weighted by molar-refractivity contribution is 6.24. The smallest absolute Gasteiger partial charge is 0.160 e. The largest absolute Gasteiger partial charge is 0.309 e. The lowest BCUT2D eigenvalue weighted by molar-refractivity contribution is 1.18. The maximum Gasteiger partial charge on any atom is 0.160 e. The Balaban J connectivity index is 1.27. The van der Waals surface area contributed by atoms with Crippen molar-refractivity contribution in [2.45, 2.75) is 0 Å². The van der Waals surface area contributed by atoms with Gasteiger partial charge in [0.2, 0.25) is 0 Å². The van der Waals surface area contributed by atoms with Crippen molar-refractivity contribution in [1.29, 1.82) is 0 Å². The number of aromatic nitrogens is 3. The predicted molar refractivity (Wildman–Crippen MR) is 197 cm³/mol. The summed E-state index contributed by atoms with van der Waals surface area (Å²) in [6.45, 7) is 0. The number of benzene rings is 8. The zero-order valence-corrected chi connectivity index (χ0v) is 25.4. The number of hydrogen-bond donors (Lipinski definition) is 0. The SMILES string of the molecule is c1ccc(-c2nc(-c3ccccc3)c3cc(-n4c5ccccc5c5cc6c(ccc7ccc8ccccc8c76)cc54)ccc3n2)cc1. The van der Waals surface area contributed by atoms with Gasteiger partial charge in [-0.3, -0.25) is 0 Å². The molecule has 0 N–H and O–H groups in total. The first-order valence-corrected chi connectivity index (χ1v) is 16.0. The molecule has 2 heterocycles. The van der Waals surface area contributed by atoms with Crippen LogP contribution in [-0.2, 0) is 0 Å². The van der Waals surface area contributed by atoms with E-state index in [9.17, 15) is 0 Å². The highest BCUT2D eigenvalue weighted by Gasteiger charge is 2.17. The summed E-state index contributed by atoms with van der Waals surface area (Å²) in [6.07, 6.45) is 0. The van der Waals surface area contributed by atoms with Gasteiger partial charge in [-0.15, -0.1) is 0 Å². The minimum absolute atomic E-state index is 0.729. The topological polar surface area (TPSA) is 30.7 Å². The van der Waals surface area contributed by atoms with E-state index in [4.69, 9.17) is 9.97 Å². The highest BCUT2D eigenvalue weighted by Crippen LogP contribution is 2.40. The van der Waals surface area contributed by atoms with Crippen LogP contribution < -0.4 is 0 Å². The fraction of sp³-hybridized carbons (Fsp3) is 0. The second-order valence-electron chi connectivity index (χ2n) is 12.2. The van der Waals surface area contributed by atoms with E-state index in [0.29, 0.717) is 0 Å². The van der Waals surface area contributed by atoms with Gasteiger partial charge in [0.15, 0.2) is 5.82 Å². The van der Waals surface area contributed by atoms with Crippen molar-refractivity contribution >= 4 is 65.0 Å². The first-order valence-electron chi connectivity index (χ1n) is 16.0. The molecule has 0 unspecified atom stereocenters. The molecule has 0 fully saturated rings. The molecule has 47 heavy (non-hydrogen) atoms. The van der Waals surface area contributed by atoms with E-state index in [1.54, 1.807) is 0 Å². The van der Waals surface area contributed by atoms with E-state index in [0.717, 1.165) is 39.2 Å². The summed E-state index contributed by atoms with van der Waals surface area (Å²) in [4.78, 5) is 10.2. The average Bonchev–Trinajstić information content (AvgIpc) is 3.47. The molecule has 0 aliphatic rings. The van der Waals surface area contributed by atoms with Gasteiger partial charge in [0, 0.05) is 33.0 Å². The third-order valence-electron chi connectivity index (χ3n) is 9.53. The van der Waals surface area contributed by atoms with Gasteiger partial charge in [0.1, 0.15) is 0 Å². The number of rotatable bonds is 3. The van der Waals surface area contributed by atoms with Crippen LogP contribution in [-0.4, -0.2) is 14.5 Å². The second kappa shape index (κ2) is 10.1. The lowest BCUT2D eigenvalue weighted by Gasteiger charge is -2.13. The van der Waals surface area contributed by atoms with E-state index >= 15 is 0 Å². The fourth-order valence-corrected chi connectivity index (χ4v) is 7.36. The molecule has 0 amide bonds. The van der Waals surface area contributed by atoms with Crippen molar-refractivity contribution in [3.8, 4) is 28.3 Å². The van der Waals surface area contributed by atoms with Crippen molar-refractivity contribution in [2.24, 2.45) is 0 Å². The maximum atomic E-state index is 5.16. The normalized spacial score (nSPS) is 11.8. The van der Waals surface area contributed by atoms with Gasteiger partial charge < -0.3 is 4.57 Å². The third-order valence-corrected chi connectivity index (χ3v) is 9.53. The minimum atomic E-state index is 0.729. The minimum Gasteiger partial charge on any atom is -0.309 e. The molecule has 8 aromatic carbocycles. The van der Waals surface area contributed by atoms with Gasteiger partial charge in [-0.2, -0.15) is 0 Å². The fourth-order valence-electron chi connectivity index (χ4n) is 7.36. The Bertz CT molecular complexity index is 2830. The van der Waals surface area contributed by atoms with Crippen molar-refractivity contribution in [3.05, 3.63) is 164 Å². The maximum absolute atomic E-state index is 5.16. The number of nitrogens with zero attached hydrogens (tertiary/aromatic N) is 3. The monoisotopic (exact) mass is 597 g/mol. The van der Waals surface area contributed by atoms with Crippen molar-refractivity contribution < 1.29 is 0 Å². The van der Waals surface area contributed by atoms with Crippen LogP contribution >= 0.6 is 0 Å². The molecular weight excluding hydrogens is 571 g/mol. The van der Waals surface area contributed by atoms with Gasteiger partial charge in [-0.05, 0) is 68.7 Å². The van der Waals surface area contributed by atoms with Crippen LogP contribution in [0.4, 0.5) is 0 Å². The van der Waals surface area contributed by atoms with E-state index in [1.807, 2.05) is 24.3 Å². The summed E-state index contributed by atoms with van der Waals surface area (Å²) in [5, 5.41) is 11.1. The molecule has 3 nitrogen and oxygen atoms in total. The van der Waals surface area contributed by atoms with Gasteiger partial charge in [-0.25, -0.2) is 9.97 Å². The summed E-state index contributed by atoms with van der Waals surface area (Å²) in [5.41, 5.74) is 7.37. The summed E-state index contributed by atoms with van der Waals surface area (Å²) in [5.74, 6) is 0.729. The second-order valence-corrected chi connectivity index (χ2v) is 12.2. The predicted octanol–water partition coefficient (Wildman–Crippen LogP) is 11.5. The number of hydrogen-bond acceptors (Lipinski definition) is 2. The van der Waals surface area contributed by atoms with Crippen molar-refractivity contribution in [1.82, 2.24) is 14.5 Å². The van der Waals surface area contributed by atoms with Crippen LogP contribution in [0.25, 0.3) is 93.4 Å². The molecule has 10 aromatic rings. The first-order chi connectivity index (χ1) is 23.3. The van der Waals surface area contributed by atoms with Crippen LogP contribution in [0.2, 0.25) is 0 Å². The van der Waals surface area contributed by atoms with Crippen molar-refractivity contribution in [3.63, 3.8) is 0 Å². The Morgan fingerprint density at radius 1 is 0.383 bits per heavy atom. The molecule has 0 atom stereocenters. The van der Waals surface area contributed by atoms with Crippen LogP contribution in [0.1, 0.15) is 0 Å². The van der Waals surface area contributed by atoms with Gasteiger partial charge in [-0.1, -0.05) is 127 Å². The molecule has 0 aliphatic heterocycles.